The Morgan fingerprint density at radius 1 is 0.725 bits per heavy atom. The molecule has 4 rings (SSSR count). The SMILES string of the molecule is CCCCCC1CCC(c2ccc(-c3ccccc3-c3ccc(CCCC(CCCC)C(=O)O)cc3)cc2)CC1. The molecule has 1 aliphatic rings. The van der Waals surface area contributed by atoms with E-state index in [1.807, 2.05) is 0 Å². The second-order valence-electron chi connectivity index (χ2n) is 12.1. The van der Waals surface area contributed by atoms with Crippen LogP contribution in [0.3, 0.4) is 0 Å². The third-order valence-corrected chi connectivity index (χ3v) is 9.22. The van der Waals surface area contributed by atoms with Crippen LogP contribution in [0.1, 0.15) is 114 Å². The monoisotopic (exact) mass is 538 g/mol. The van der Waals surface area contributed by atoms with Crippen molar-refractivity contribution >= 4 is 5.97 Å². The van der Waals surface area contributed by atoms with E-state index in [0.717, 1.165) is 50.4 Å². The van der Waals surface area contributed by atoms with Crippen LogP contribution in [0.2, 0.25) is 0 Å². The topological polar surface area (TPSA) is 37.3 Å². The molecule has 1 atom stereocenters. The van der Waals surface area contributed by atoms with E-state index in [0.29, 0.717) is 0 Å². The van der Waals surface area contributed by atoms with Crippen LogP contribution in [0.15, 0.2) is 72.8 Å². The minimum Gasteiger partial charge on any atom is -0.481 e. The summed E-state index contributed by atoms with van der Waals surface area (Å²) in [5.41, 5.74) is 7.85. The molecule has 1 N–H and O–H groups in total. The van der Waals surface area contributed by atoms with Gasteiger partial charge in [-0.1, -0.05) is 125 Å². The van der Waals surface area contributed by atoms with Crippen molar-refractivity contribution < 1.29 is 9.90 Å². The molecule has 3 aromatic rings. The number of carbonyl (C=O) groups is 1. The molecule has 0 saturated heterocycles. The molecule has 0 aliphatic heterocycles. The van der Waals surface area contributed by atoms with Gasteiger partial charge in [-0.15, -0.1) is 0 Å². The van der Waals surface area contributed by atoms with Crippen molar-refractivity contribution in [2.45, 2.75) is 110 Å². The number of unbranched alkanes of at least 4 members (excludes halogenated alkanes) is 3. The average Bonchev–Trinajstić information content (AvgIpc) is 3.00. The Morgan fingerprint density at radius 2 is 1.30 bits per heavy atom. The first kappa shape index (κ1) is 30.1. The molecular weight excluding hydrogens is 488 g/mol. The van der Waals surface area contributed by atoms with E-state index in [1.54, 1.807) is 0 Å². The highest BCUT2D eigenvalue weighted by Gasteiger charge is 2.22. The van der Waals surface area contributed by atoms with Crippen molar-refractivity contribution in [2.75, 3.05) is 0 Å². The molecule has 0 amide bonds. The van der Waals surface area contributed by atoms with Crippen molar-refractivity contribution in [1.82, 2.24) is 0 Å². The third-order valence-electron chi connectivity index (χ3n) is 9.22. The lowest BCUT2D eigenvalue weighted by Crippen LogP contribution is -2.13. The lowest BCUT2D eigenvalue weighted by Gasteiger charge is -2.29. The normalized spacial score (nSPS) is 17.9. The van der Waals surface area contributed by atoms with Gasteiger partial charge in [-0.2, -0.15) is 0 Å². The van der Waals surface area contributed by atoms with Crippen LogP contribution in [-0.2, 0) is 11.2 Å². The fraction of sp³-hybridized carbons (Fsp3) is 0.500. The number of hydrogen-bond acceptors (Lipinski definition) is 1. The standard InChI is InChI=1S/C38H50O2/c1-3-5-7-11-29-17-21-31(22-18-29)32-25-27-34(28-26-32)37-16-9-8-15-36(37)33-23-19-30(20-24-33)12-10-14-35(38(39)40)13-6-4-2/h8-9,15-16,19-20,23-29,31,35H,3-7,10-14,17-18,21-22H2,1-2H3,(H,39,40). The Bertz CT molecular complexity index is 1150. The average molecular weight is 539 g/mol. The van der Waals surface area contributed by atoms with Crippen LogP contribution in [-0.4, -0.2) is 11.1 Å². The summed E-state index contributed by atoms with van der Waals surface area (Å²) < 4.78 is 0. The number of carboxylic acids is 1. The van der Waals surface area contributed by atoms with Gasteiger partial charge < -0.3 is 5.11 Å². The van der Waals surface area contributed by atoms with Crippen LogP contribution in [0, 0.1) is 11.8 Å². The van der Waals surface area contributed by atoms with Crippen LogP contribution >= 0.6 is 0 Å². The van der Waals surface area contributed by atoms with Crippen molar-refractivity contribution in [3.63, 3.8) is 0 Å². The first-order valence-corrected chi connectivity index (χ1v) is 16.1. The molecule has 1 unspecified atom stereocenters. The number of benzene rings is 3. The van der Waals surface area contributed by atoms with Gasteiger partial charge in [-0.3, -0.25) is 4.79 Å². The highest BCUT2D eigenvalue weighted by molar-refractivity contribution is 5.83. The van der Waals surface area contributed by atoms with Crippen molar-refractivity contribution in [3.05, 3.63) is 83.9 Å². The minimum atomic E-state index is -0.640. The van der Waals surface area contributed by atoms with Crippen LogP contribution in [0.5, 0.6) is 0 Å². The van der Waals surface area contributed by atoms with Gasteiger partial charge in [0.05, 0.1) is 5.92 Å². The first-order chi connectivity index (χ1) is 19.6. The largest absolute Gasteiger partial charge is 0.481 e. The Hall–Kier alpha value is -2.87. The Morgan fingerprint density at radius 3 is 1.88 bits per heavy atom. The maximum absolute atomic E-state index is 11.5. The molecule has 0 heterocycles. The van der Waals surface area contributed by atoms with Gasteiger partial charge in [0.2, 0.25) is 0 Å². The van der Waals surface area contributed by atoms with Crippen LogP contribution in [0.25, 0.3) is 22.3 Å². The molecule has 0 bridgehead atoms. The molecule has 214 valence electrons. The fourth-order valence-electron chi connectivity index (χ4n) is 6.63. The number of carboxylic acid groups (broad SMARTS) is 1. The summed E-state index contributed by atoms with van der Waals surface area (Å²) >= 11 is 0. The van der Waals surface area contributed by atoms with Gasteiger partial charge in [-0.25, -0.2) is 0 Å². The Kier molecular flexibility index (Phi) is 11.9. The molecule has 1 aliphatic carbocycles. The van der Waals surface area contributed by atoms with E-state index < -0.39 is 5.97 Å². The molecule has 0 spiro atoms. The van der Waals surface area contributed by atoms with E-state index in [4.69, 9.17) is 0 Å². The van der Waals surface area contributed by atoms with Gasteiger partial charge in [0.25, 0.3) is 0 Å². The molecule has 3 aromatic carbocycles. The highest BCUT2D eigenvalue weighted by atomic mass is 16.4. The zero-order valence-corrected chi connectivity index (χ0v) is 24.9. The van der Waals surface area contributed by atoms with Crippen molar-refractivity contribution in [2.24, 2.45) is 11.8 Å². The minimum absolute atomic E-state index is 0.205. The van der Waals surface area contributed by atoms with E-state index >= 15 is 0 Å². The smallest absolute Gasteiger partial charge is 0.306 e. The Balaban J connectivity index is 1.36. The molecule has 2 heteroatoms. The molecule has 1 fully saturated rings. The van der Waals surface area contributed by atoms with Gasteiger partial charge in [0.1, 0.15) is 0 Å². The second kappa shape index (κ2) is 15.8. The van der Waals surface area contributed by atoms with Crippen LogP contribution < -0.4 is 0 Å². The summed E-state index contributed by atoms with van der Waals surface area (Å²) in [5.74, 6) is 0.825. The van der Waals surface area contributed by atoms with Crippen molar-refractivity contribution in [1.29, 1.82) is 0 Å². The number of aliphatic carboxylic acids is 1. The third kappa shape index (κ3) is 8.56. The molecule has 0 radical (unpaired) electrons. The van der Waals surface area contributed by atoms with Gasteiger partial charge in [0.15, 0.2) is 0 Å². The second-order valence-corrected chi connectivity index (χ2v) is 12.1. The van der Waals surface area contributed by atoms with E-state index in [2.05, 4.69) is 86.6 Å². The van der Waals surface area contributed by atoms with Gasteiger partial charge >= 0.3 is 5.97 Å². The summed E-state index contributed by atoms with van der Waals surface area (Å²) in [6, 6.07) is 27.0. The lowest BCUT2D eigenvalue weighted by atomic mass is 9.77. The molecule has 2 nitrogen and oxygen atoms in total. The lowest BCUT2D eigenvalue weighted by molar-refractivity contribution is -0.142. The number of aryl methyl sites for hydroxylation is 1. The molecular formula is C38H50O2. The quantitative estimate of drug-likeness (QED) is 0.195. The first-order valence-electron chi connectivity index (χ1n) is 16.1. The number of rotatable bonds is 15. The summed E-state index contributed by atoms with van der Waals surface area (Å²) in [6.45, 7) is 4.42. The van der Waals surface area contributed by atoms with E-state index in [1.165, 1.54) is 84.7 Å². The summed E-state index contributed by atoms with van der Waals surface area (Å²) in [7, 11) is 0. The molecule has 1 saturated carbocycles. The molecule has 0 aromatic heterocycles. The van der Waals surface area contributed by atoms with E-state index in [-0.39, 0.29) is 5.92 Å². The predicted molar refractivity (Wildman–Crippen MR) is 170 cm³/mol. The summed E-state index contributed by atoms with van der Waals surface area (Å²) in [5, 5.41) is 9.50. The number of hydrogen-bond donors (Lipinski definition) is 1. The maximum Gasteiger partial charge on any atom is 0.306 e. The Labute approximate surface area is 243 Å². The summed E-state index contributed by atoms with van der Waals surface area (Å²) in [4.78, 5) is 11.5. The van der Waals surface area contributed by atoms with Gasteiger partial charge in [0, 0.05) is 0 Å². The maximum atomic E-state index is 11.5. The van der Waals surface area contributed by atoms with Crippen molar-refractivity contribution in [3.8, 4) is 22.3 Å². The van der Waals surface area contributed by atoms with E-state index in [9.17, 15) is 9.90 Å². The predicted octanol–water partition coefficient (Wildman–Crippen LogP) is 11.1. The summed E-state index contributed by atoms with van der Waals surface area (Å²) in [6.07, 6.45) is 16.5. The zero-order valence-electron chi connectivity index (χ0n) is 24.9. The zero-order chi connectivity index (χ0) is 28.2. The van der Waals surface area contributed by atoms with Crippen LogP contribution in [0.4, 0.5) is 0 Å². The van der Waals surface area contributed by atoms with Gasteiger partial charge in [-0.05, 0) is 96.6 Å². The molecule has 40 heavy (non-hydrogen) atoms. The highest BCUT2D eigenvalue weighted by Crippen LogP contribution is 2.39. The fourth-order valence-corrected chi connectivity index (χ4v) is 6.63.